The van der Waals surface area contributed by atoms with E-state index in [9.17, 15) is 9.59 Å². The molecule has 10 nitrogen and oxygen atoms in total. The molecule has 0 saturated heterocycles. The Labute approximate surface area is 187 Å². The summed E-state index contributed by atoms with van der Waals surface area (Å²) in [4.78, 5) is 33.4. The van der Waals surface area contributed by atoms with Crippen LogP contribution in [-0.4, -0.2) is 51.1 Å². The minimum absolute atomic E-state index is 0.0621. The number of benzene rings is 2. The summed E-state index contributed by atoms with van der Waals surface area (Å²) in [5.74, 6) is -1.48. The monoisotopic (exact) mass is 452 g/mol. The Morgan fingerprint density at radius 2 is 1.88 bits per heavy atom. The van der Waals surface area contributed by atoms with Crippen LogP contribution in [0.5, 0.6) is 5.88 Å². The van der Waals surface area contributed by atoms with Gasteiger partial charge in [-0.25, -0.2) is 14.5 Å². The number of aromatic nitrogens is 5. The highest BCUT2D eigenvalue weighted by Gasteiger charge is 2.23. The van der Waals surface area contributed by atoms with Crippen molar-refractivity contribution in [2.45, 2.75) is 6.54 Å². The summed E-state index contributed by atoms with van der Waals surface area (Å²) in [6, 6.07) is 11.0. The predicted molar refractivity (Wildman–Crippen MR) is 116 cm³/mol. The largest absolute Gasteiger partial charge is 0.479 e. The number of anilines is 1. The molecule has 0 aliphatic carbocycles. The molecule has 0 aliphatic rings. The number of hydrogen-bond acceptors (Lipinski definition) is 8. The molecule has 162 valence electrons. The van der Waals surface area contributed by atoms with E-state index in [0.29, 0.717) is 12.1 Å². The first-order valence-corrected chi connectivity index (χ1v) is 9.75. The summed E-state index contributed by atoms with van der Waals surface area (Å²) in [5, 5.41) is 11.9. The fourth-order valence-electron chi connectivity index (χ4n) is 3.22. The van der Waals surface area contributed by atoms with Gasteiger partial charge >= 0.3 is 5.97 Å². The number of ether oxygens (including phenoxy) is 2. The van der Waals surface area contributed by atoms with Crippen molar-refractivity contribution >= 4 is 40.1 Å². The summed E-state index contributed by atoms with van der Waals surface area (Å²) in [6.07, 6.45) is 3.36. The summed E-state index contributed by atoms with van der Waals surface area (Å²) in [6.45, 7) is 0.495. The Kier molecular flexibility index (Phi) is 5.95. The molecule has 0 bridgehead atoms. The van der Waals surface area contributed by atoms with Gasteiger partial charge in [0.05, 0.1) is 27.0 Å². The van der Waals surface area contributed by atoms with E-state index < -0.39 is 11.9 Å². The summed E-state index contributed by atoms with van der Waals surface area (Å²) >= 11 is 6.05. The van der Waals surface area contributed by atoms with Gasteiger partial charge in [0, 0.05) is 11.8 Å². The minimum atomic E-state index is -0.796. The van der Waals surface area contributed by atoms with E-state index in [2.05, 4.69) is 25.6 Å². The van der Waals surface area contributed by atoms with Crippen LogP contribution in [0.1, 0.15) is 26.4 Å². The first-order valence-electron chi connectivity index (χ1n) is 9.37. The van der Waals surface area contributed by atoms with E-state index >= 15 is 0 Å². The van der Waals surface area contributed by atoms with Crippen LogP contribution in [0.15, 0.2) is 48.8 Å². The molecule has 2 heterocycles. The molecule has 0 fully saturated rings. The first kappa shape index (κ1) is 21.2. The minimum Gasteiger partial charge on any atom is -0.479 e. The fourth-order valence-corrected chi connectivity index (χ4v) is 3.42. The molecule has 4 aromatic rings. The molecule has 0 spiro atoms. The number of nitrogens with zero attached hydrogens (tertiary/aromatic N) is 5. The van der Waals surface area contributed by atoms with Crippen LogP contribution in [-0.2, 0) is 11.3 Å². The zero-order valence-corrected chi connectivity index (χ0v) is 17.8. The maximum Gasteiger partial charge on any atom is 0.360 e. The van der Waals surface area contributed by atoms with E-state index in [0.717, 1.165) is 16.3 Å². The van der Waals surface area contributed by atoms with Crippen LogP contribution in [0.4, 0.5) is 5.82 Å². The van der Waals surface area contributed by atoms with Crippen LogP contribution >= 0.6 is 11.6 Å². The van der Waals surface area contributed by atoms with Crippen molar-refractivity contribution in [2.24, 2.45) is 0 Å². The van der Waals surface area contributed by atoms with Crippen LogP contribution < -0.4 is 10.1 Å². The number of rotatable bonds is 6. The van der Waals surface area contributed by atoms with Crippen molar-refractivity contribution in [3.8, 4) is 5.88 Å². The van der Waals surface area contributed by atoms with Crippen LogP contribution in [0.3, 0.4) is 0 Å². The normalized spacial score (nSPS) is 10.7. The first-order chi connectivity index (χ1) is 15.5. The molecule has 4 rings (SSSR count). The van der Waals surface area contributed by atoms with Gasteiger partial charge < -0.3 is 14.8 Å². The lowest BCUT2D eigenvalue weighted by Gasteiger charge is -2.13. The molecule has 11 heteroatoms. The zero-order valence-electron chi connectivity index (χ0n) is 17.1. The van der Waals surface area contributed by atoms with Gasteiger partial charge in [0.1, 0.15) is 0 Å². The molecule has 32 heavy (non-hydrogen) atoms. The Morgan fingerprint density at radius 1 is 1.09 bits per heavy atom. The quantitative estimate of drug-likeness (QED) is 0.443. The highest BCUT2D eigenvalue weighted by Crippen LogP contribution is 2.27. The van der Waals surface area contributed by atoms with Gasteiger partial charge in [0.15, 0.2) is 16.7 Å². The summed E-state index contributed by atoms with van der Waals surface area (Å²) in [5.41, 5.74) is 1.12. The third kappa shape index (κ3) is 4.08. The molecule has 2 aromatic heterocycles. The van der Waals surface area contributed by atoms with Crippen molar-refractivity contribution in [1.82, 2.24) is 25.0 Å². The van der Waals surface area contributed by atoms with E-state index in [-0.39, 0.29) is 22.5 Å². The number of halogens is 1. The van der Waals surface area contributed by atoms with Gasteiger partial charge in [0.2, 0.25) is 0 Å². The van der Waals surface area contributed by atoms with E-state index in [1.807, 2.05) is 30.3 Å². The van der Waals surface area contributed by atoms with Gasteiger partial charge in [-0.05, 0) is 22.4 Å². The van der Waals surface area contributed by atoms with Gasteiger partial charge in [0.25, 0.3) is 11.8 Å². The lowest BCUT2D eigenvalue weighted by molar-refractivity contribution is 0.0594. The average Bonchev–Trinajstić information content (AvgIpc) is 3.32. The number of amides is 1. The SMILES string of the molecule is COC(=O)c1nc(OC)c(Cl)nc1NC(=O)c1ccc(Cn2ccnn2)c2ccccc12. The van der Waals surface area contributed by atoms with Gasteiger partial charge in [-0.1, -0.05) is 47.1 Å². The molecular formula is C21H17ClN6O4. The van der Waals surface area contributed by atoms with Crippen molar-refractivity contribution < 1.29 is 19.1 Å². The van der Waals surface area contributed by atoms with Gasteiger partial charge in [-0.2, -0.15) is 4.98 Å². The summed E-state index contributed by atoms with van der Waals surface area (Å²) < 4.78 is 11.4. The Morgan fingerprint density at radius 3 is 2.56 bits per heavy atom. The number of methoxy groups -OCH3 is 2. The maximum absolute atomic E-state index is 13.2. The number of fused-ring (bicyclic) bond motifs is 1. The second kappa shape index (κ2) is 8.98. The Hall–Kier alpha value is -4.05. The Bertz CT molecular complexity index is 1310. The molecule has 1 amide bonds. The van der Waals surface area contributed by atoms with Crippen molar-refractivity contribution in [2.75, 3.05) is 19.5 Å². The standard InChI is InChI=1S/C21H17ClN6O4/c1-31-20-17(22)25-18(16(24-20)21(30)32-2)26-19(29)15-8-7-12(11-28-10-9-23-27-28)13-5-3-4-6-14(13)15/h3-10H,11H2,1-2H3,(H,25,26,29). The van der Waals surface area contributed by atoms with Gasteiger partial charge in [-0.3, -0.25) is 4.79 Å². The number of esters is 1. The number of carbonyl (C=O) groups is 2. The van der Waals surface area contributed by atoms with Crippen LogP contribution in [0.25, 0.3) is 10.8 Å². The fraction of sp³-hybridized carbons (Fsp3) is 0.143. The molecule has 0 aliphatic heterocycles. The highest BCUT2D eigenvalue weighted by atomic mass is 35.5. The van der Waals surface area contributed by atoms with Crippen molar-refractivity contribution in [3.05, 3.63) is 70.8 Å². The second-order valence-corrected chi connectivity index (χ2v) is 6.94. The van der Waals surface area contributed by atoms with Crippen molar-refractivity contribution in [3.63, 3.8) is 0 Å². The molecule has 0 radical (unpaired) electrons. The third-order valence-corrected chi connectivity index (χ3v) is 4.94. The Balaban J connectivity index is 1.72. The maximum atomic E-state index is 13.2. The lowest BCUT2D eigenvalue weighted by atomic mass is 9.99. The van der Waals surface area contributed by atoms with E-state index in [1.165, 1.54) is 14.2 Å². The third-order valence-electron chi connectivity index (χ3n) is 4.69. The zero-order chi connectivity index (χ0) is 22.7. The number of hydrogen-bond donors (Lipinski definition) is 1. The molecule has 0 saturated carbocycles. The lowest BCUT2D eigenvalue weighted by Crippen LogP contribution is -2.19. The number of carbonyl (C=O) groups excluding carboxylic acids is 2. The molecular weight excluding hydrogens is 436 g/mol. The van der Waals surface area contributed by atoms with E-state index in [1.54, 1.807) is 23.1 Å². The average molecular weight is 453 g/mol. The van der Waals surface area contributed by atoms with E-state index in [4.69, 9.17) is 21.1 Å². The molecule has 0 atom stereocenters. The molecule has 0 unspecified atom stereocenters. The number of nitrogens with one attached hydrogen (secondary N) is 1. The topological polar surface area (TPSA) is 121 Å². The van der Waals surface area contributed by atoms with Crippen molar-refractivity contribution in [1.29, 1.82) is 0 Å². The molecule has 2 aromatic carbocycles. The smallest absolute Gasteiger partial charge is 0.360 e. The molecule has 1 N–H and O–H groups in total. The highest BCUT2D eigenvalue weighted by molar-refractivity contribution is 6.31. The second-order valence-electron chi connectivity index (χ2n) is 6.59. The van der Waals surface area contributed by atoms with Crippen LogP contribution in [0, 0.1) is 0 Å². The van der Waals surface area contributed by atoms with Gasteiger partial charge in [-0.15, -0.1) is 5.10 Å². The predicted octanol–water partition coefficient (Wildman–Crippen LogP) is 2.97. The summed E-state index contributed by atoms with van der Waals surface area (Å²) in [7, 11) is 2.53. The van der Waals surface area contributed by atoms with Crippen LogP contribution in [0.2, 0.25) is 5.15 Å².